The van der Waals surface area contributed by atoms with Crippen molar-refractivity contribution < 1.29 is 14.1 Å². The van der Waals surface area contributed by atoms with Gasteiger partial charge in [0.2, 0.25) is 0 Å². The highest BCUT2D eigenvalue weighted by molar-refractivity contribution is 6.01. The fourth-order valence-electron chi connectivity index (χ4n) is 5.57. The molecule has 0 spiro atoms. The lowest BCUT2D eigenvalue weighted by Gasteiger charge is -2.19. The minimum Gasteiger partial charge on any atom is -0.488 e. The summed E-state index contributed by atoms with van der Waals surface area (Å²) < 4.78 is 14.8. The van der Waals surface area contributed by atoms with Crippen molar-refractivity contribution in [3.05, 3.63) is 76.2 Å². The van der Waals surface area contributed by atoms with Crippen LogP contribution in [-0.4, -0.2) is 27.2 Å². The van der Waals surface area contributed by atoms with E-state index in [2.05, 4.69) is 73.9 Å². The number of nitrogens with zero attached hydrogens (tertiary/aromatic N) is 3. The smallest absolute Gasteiger partial charge is 0.274 e. The van der Waals surface area contributed by atoms with E-state index >= 15 is 0 Å². The second-order valence-corrected chi connectivity index (χ2v) is 11.2. The number of rotatable bonds is 14. The van der Waals surface area contributed by atoms with E-state index in [0.29, 0.717) is 42.0 Å². The summed E-state index contributed by atoms with van der Waals surface area (Å²) in [6, 6.07) is 14.5. The molecule has 0 atom stereocenters. The van der Waals surface area contributed by atoms with Crippen molar-refractivity contribution in [1.82, 2.24) is 20.0 Å². The molecule has 0 saturated heterocycles. The van der Waals surface area contributed by atoms with Crippen molar-refractivity contribution in [1.29, 1.82) is 0 Å². The van der Waals surface area contributed by atoms with Crippen molar-refractivity contribution >= 4 is 5.91 Å². The van der Waals surface area contributed by atoms with Crippen LogP contribution in [0.5, 0.6) is 5.75 Å². The third-order valence-corrected chi connectivity index (χ3v) is 7.60. The maximum Gasteiger partial charge on any atom is 0.274 e. The number of amides is 1. The van der Waals surface area contributed by atoms with E-state index in [9.17, 15) is 4.79 Å². The zero-order valence-electron chi connectivity index (χ0n) is 28.3. The maximum atomic E-state index is 13.3. The highest BCUT2D eigenvalue weighted by Crippen LogP contribution is 2.43. The Morgan fingerprint density at radius 1 is 0.977 bits per heavy atom. The molecule has 0 radical (unpaired) electrons. The van der Waals surface area contributed by atoms with Gasteiger partial charge < -0.3 is 19.1 Å². The molecule has 0 aliphatic rings. The Hall–Kier alpha value is -3.87. The number of hydrogen-bond acceptors (Lipinski definition) is 5. The van der Waals surface area contributed by atoms with Crippen molar-refractivity contribution in [3.8, 4) is 28.5 Å². The molecule has 4 aromatic rings. The molecular formula is C37H52N4O3. The van der Waals surface area contributed by atoms with Gasteiger partial charge in [0.15, 0.2) is 11.5 Å². The van der Waals surface area contributed by atoms with Gasteiger partial charge in [0.25, 0.3) is 5.91 Å². The Morgan fingerprint density at radius 3 is 2.27 bits per heavy atom. The highest BCUT2D eigenvalue weighted by atomic mass is 16.5. The van der Waals surface area contributed by atoms with Gasteiger partial charge in [-0.1, -0.05) is 103 Å². The van der Waals surface area contributed by atoms with Gasteiger partial charge in [-0.05, 0) is 60.9 Å². The Balaban J connectivity index is 0.00000259. The van der Waals surface area contributed by atoms with Crippen LogP contribution < -0.4 is 10.1 Å². The molecule has 2 heterocycles. The summed E-state index contributed by atoms with van der Waals surface area (Å²) in [5, 5.41) is 7.27. The molecule has 7 nitrogen and oxygen atoms in total. The first-order valence-electron chi connectivity index (χ1n) is 16.5. The van der Waals surface area contributed by atoms with Gasteiger partial charge in [0, 0.05) is 19.3 Å². The Labute approximate surface area is 264 Å². The van der Waals surface area contributed by atoms with Gasteiger partial charge in [-0.3, -0.25) is 4.79 Å². The first-order chi connectivity index (χ1) is 21.3. The average molecular weight is 601 g/mol. The van der Waals surface area contributed by atoms with Crippen LogP contribution in [0.4, 0.5) is 0 Å². The molecule has 1 N–H and O–H groups in total. The fraction of sp³-hybridized carbons (Fsp3) is 0.486. The first-order valence-corrected chi connectivity index (χ1v) is 16.5. The van der Waals surface area contributed by atoms with Crippen molar-refractivity contribution in [2.75, 3.05) is 6.54 Å². The van der Waals surface area contributed by atoms with Crippen LogP contribution in [0, 0.1) is 0 Å². The fourth-order valence-corrected chi connectivity index (χ4v) is 5.57. The Bertz CT molecular complexity index is 1480. The van der Waals surface area contributed by atoms with Crippen LogP contribution >= 0.6 is 0 Å². The highest BCUT2D eigenvalue weighted by Gasteiger charge is 2.31. The third-order valence-electron chi connectivity index (χ3n) is 7.60. The van der Waals surface area contributed by atoms with Crippen molar-refractivity contribution in [3.63, 3.8) is 0 Å². The van der Waals surface area contributed by atoms with Crippen LogP contribution in [0.25, 0.3) is 22.7 Å². The number of ether oxygens (including phenoxy) is 1. The quantitative estimate of drug-likeness (QED) is 0.156. The molecule has 0 bridgehead atoms. The van der Waals surface area contributed by atoms with E-state index < -0.39 is 0 Å². The van der Waals surface area contributed by atoms with E-state index in [4.69, 9.17) is 14.2 Å². The van der Waals surface area contributed by atoms with E-state index in [-0.39, 0.29) is 11.6 Å². The van der Waals surface area contributed by atoms with E-state index in [0.717, 1.165) is 55.3 Å². The maximum absolute atomic E-state index is 13.3. The number of nitrogens with one attached hydrogen (secondary N) is 1. The molecular weight excluding hydrogens is 548 g/mol. The standard InChI is InChI=1S/C35H46N4O3.C2H6/c1-8-15-25-20-30(41-22-24-18-13-12-14-19-24)27(21-26(25)23(5)6)33-31(32(38-42-33)35(40)36-11-4)34-37-28(16-9-2)29(17-10-3)39(34)7;1-2/h12-14,18-21,23H,8-11,15-17,22H2,1-7H3,(H,36,40);1-2H3. The minimum atomic E-state index is -0.280. The zero-order chi connectivity index (χ0) is 32.2. The molecule has 1 amide bonds. The number of benzene rings is 2. The summed E-state index contributed by atoms with van der Waals surface area (Å²) in [7, 11) is 2.03. The normalized spacial score (nSPS) is 11.0. The number of carbonyl (C=O) groups excluding carboxylic acids is 1. The molecule has 44 heavy (non-hydrogen) atoms. The first kappa shape index (κ1) is 34.6. The Kier molecular flexibility index (Phi) is 13.2. The van der Waals surface area contributed by atoms with Crippen LogP contribution in [0.15, 0.2) is 47.0 Å². The second-order valence-electron chi connectivity index (χ2n) is 11.2. The number of hydrogen-bond donors (Lipinski definition) is 1. The summed E-state index contributed by atoms with van der Waals surface area (Å²) in [6.07, 6.45) is 5.74. The van der Waals surface area contributed by atoms with Crippen LogP contribution in [0.3, 0.4) is 0 Å². The van der Waals surface area contributed by atoms with Crippen molar-refractivity contribution in [2.24, 2.45) is 7.05 Å². The molecule has 0 saturated carbocycles. The lowest BCUT2D eigenvalue weighted by molar-refractivity contribution is 0.0947. The monoisotopic (exact) mass is 600 g/mol. The number of aryl methyl sites for hydroxylation is 2. The van der Waals surface area contributed by atoms with Gasteiger partial charge in [0.05, 0.1) is 16.8 Å². The topological polar surface area (TPSA) is 82.2 Å². The van der Waals surface area contributed by atoms with E-state index in [1.807, 2.05) is 46.0 Å². The summed E-state index contributed by atoms with van der Waals surface area (Å²) in [4.78, 5) is 18.5. The molecule has 238 valence electrons. The lowest BCUT2D eigenvalue weighted by Crippen LogP contribution is -2.23. The molecule has 0 unspecified atom stereocenters. The third kappa shape index (κ3) is 7.79. The van der Waals surface area contributed by atoms with Gasteiger partial charge >= 0.3 is 0 Å². The molecule has 2 aromatic carbocycles. The van der Waals surface area contributed by atoms with Crippen molar-refractivity contribution in [2.45, 2.75) is 106 Å². The van der Waals surface area contributed by atoms with E-state index in [1.165, 1.54) is 16.8 Å². The summed E-state index contributed by atoms with van der Waals surface area (Å²) in [5.74, 6) is 1.92. The van der Waals surface area contributed by atoms with Gasteiger partial charge in [0.1, 0.15) is 18.2 Å². The zero-order valence-corrected chi connectivity index (χ0v) is 28.3. The summed E-state index contributed by atoms with van der Waals surface area (Å²) in [6.45, 7) is 17.7. The van der Waals surface area contributed by atoms with Crippen LogP contribution in [-0.2, 0) is 32.9 Å². The largest absolute Gasteiger partial charge is 0.488 e. The number of imidazole rings is 1. The molecule has 2 aromatic heterocycles. The predicted octanol–water partition coefficient (Wildman–Crippen LogP) is 9.08. The second kappa shape index (κ2) is 16.8. The summed E-state index contributed by atoms with van der Waals surface area (Å²) >= 11 is 0. The van der Waals surface area contributed by atoms with E-state index in [1.54, 1.807) is 0 Å². The molecule has 7 heteroatoms. The van der Waals surface area contributed by atoms with Gasteiger partial charge in [-0.25, -0.2) is 4.98 Å². The van der Waals surface area contributed by atoms with Crippen LogP contribution in [0.2, 0.25) is 0 Å². The SMILES string of the molecule is CC.CCCc1cc(OCc2ccccc2)c(-c2onc(C(=O)NCC)c2-c2nc(CCC)c(CCC)n2C)cc1C(C)C. The minimum absolute atomic E-state index is 0.240. The average Bonchev–Trinajstić information content (AvgIpc) is 3.59. The molecule has 0 aliphatic carbocycles. The summed E-state index contributed by atoms with van der Waals surface area (Å²) in [5.41, 5.74) is 7.44. The molecule has 4 rings (SSSR count). The Morgan fingerprint density at radius 2 is 1.66 bits per heavy atom. The van der Waals surface area contributed by atoms with Gasteiger partial charge in [-0.2, -0.15) is 0 Å². The van der Waals surface area contributed by atoms with Crippen LogP contribution in [0.1, 0.15) is 119 Å². The van der Waals surface area contributed by atoms with Gasteiger partial charge in [-0.15, -0.1) is 0 Å². The lowest BCUT2D eigenvalue weighted by atomic mass is 9.90. The number of carbonyl (C=O) groups is 1. The number of aromatic nitrogens is 3. The molecule has 0 fully saturated rings. The predicted molar refractivity (Wildman–Crippen MR) is 180 cm³/mol. The molecule has 0 aliphatic heterocycles.